The van der Waals surface area contributed by atoms with Gasteiger partial charge >= 0.3 is 18.9 Å². The van der Waals surface area contributed by atoms with E-state index in [4.69, 9.17) is 0 Å². The summed E-state index contributed by atoms with van der Waals surface area (Å²) < 4.78 is 0. The summed E-state index contributed by atoms with van der Waals surface area (Å²) in [5.41, 5.74) is 5.68. The van der Waals surface area contributed by atoms with Crippen LogP contribution in [0.3, 0.4) is 0 Å². The standard InChI is InChI=1S/C31H31NO3S.Li/c1-21-7-3-6-10-26(21)28-20-23(12-11-22-13-15-24-8-4-5-9-25(24)19-22)14-16-27(28)30(33)32-29(31(34)35)17-18-36-2;/h3-10,13-16,19-20,29H,11-12,17-18H2,1-2H3,(H,32,33)(H,34,35);/q;+1/p-1. The van der Waals surface area contributed by atoms with Crippen LogP contribution >= 0.6 is 11.8 Å². The fourth-order valence-electron chi connectivity index (χ4n) is 4.45. The van der Waals surface area contributed by atoms with Crippen molar-refractivity contribution in [2.45, 2.75) is 32.2 Å². The predicted octanol–water partition coefficient (Wildman–Crippen LogP) is 2.21. The Kier molecular flexibility index (Phi) is 10.5. The molecular weight excluding hydrogens is 473 g/mol. The molecule has 4 nitrogen and oxygen atoms in total. The molecule has 4 aromatic rings. The van der Waals surface area contributed by atoms with Crippen molar-refractivity contribution in [3.63, 3.8) is 0 Å². The van der Waals surface area contributed by atoms with Gasteiger partial charge in [0.05, 0.1) is 12.0 Å². The van der Waals surface area contributed by atoms with Gasteiger partial charge in [0.15, 0.2) is 0 Å². The molecule has 0 bridgehead atoms. The maximum atomic E-state index is 13.2. The Morgan fingerprint density at radius 2 is 1.49 bits per heavy atom. The zero-order valence-electron chi connectivity index (χ0n) is 21.6. The Bertz CT molecular complexity index is 1390. The monoisotopic (exact) mass is 503 g/mol. The van der Waals surface area contributed by atoms with Crippen LogP contribution in [0.5, 0.6) is 0 Å². The molecule has 0 aromatic heterocycles. The fourth-order valence-corrected chi connectivity index (χ4v) is 4.92. The van der Waals surface area contributed by atoms with E-state index in [1.54, 1.807) is 0 Å². The van der Waals surface area contributed by atoms with Gasteiger partial charge in [0.25, 0.3) is 5.91 Å². The second kappa shape index (κ2) is 13.5. The summed E-state index contributed by atoms with van der Waals surface area (Å²) in [5.74, 6) is -1.04. The zero-order chi connectivity index (χ0) is 25.5. The third-order valence-corrected chi connectivity index (χ3v) is 7.12. The Labute approximate surface area is 235 Å². The van der Waals surface area contributed by atoms with Crippen LogP contribution in [0.4, 0.5) is 0 Å². The van der Waals surface area contributed by atoms with Crippen LogP contribution in [0.2, 0.25) is 0 Å². The van der Waals surface area contributed by atoms with Crippen LogP contribution < -0.4 is 29.3 Å². The van der Waals surface area contributed by atoms with E-state index in [2.05, 4.69) is 47.8 Å². The molecule has 4 rings (SSSR count). The quantitative estimate of drug-likeness (QED) is 0.337. The van der Waals surface area contributed by atoms with Crippen LogP contribution in [0.1, 0.15) is 33.5 Å². The average Bonchev–Trinajstić information content (AvgIpc) is 2.89. The number of aliphatic carboxylic acids is 1. The molecule has 1 atom stereocenters. The van der Waals surface area contributed by atoms with Crippen LogP contribution in [-0.4, -0.2) is 29.9 Å². The summed E-state index contributed by atoms with van der Waals surface area (Å²) >= 11 is 1.54. The van der Waals surface area contributed by atoms with E-state index in [0.29, 0.717) is 17.7 Å². The number of aryl methyl sites for hydroxylation is 3. The number of hydrogen-bond donors (Lipinski definition) is 1. The van der Waals surface area contributed by atoms with Crippen molar-refractivity contribution in [1.29, 1.82) is 0 Å². The number of rotatable bonds is 10. The minimum Gasteiger partial charge on any atom is -0.548 e. The summed E-state index contributed by atoms with van der Waals surface area (Å²) in [4.78, 5) is 24.8. The van der Waals surface area contributed by atoms with E-state index in [-0.39, 0.29) is 18.9 Å². The first kappa shape index (κ1) is 28.6. The first-order chi connectivity index (χ1) is 17.5. The third kappa shape index (κ3) is 7.29. The van der Waals surface area contributed by atoms with Gasteiger partial charge in [0.1, 0.15) is 0 Å². The second-order valence-electron chi connectivity index (χ2n) is 9.00. The van der Waals surface area contributed by atoms with Crippen molar-refractivity contribution in [2.24, 2.45) is 0 Å². The topological polar surface area (TPSA) is 69.2 Å². The van der Waals surface area contributed by atoms with Gasteiger partial charge in [-0.05, 0) is 82.9 Å². The molecule has 0 spiro atoms. The molecule has 0 aliphatic heterocycles. The predicted molar refractivity (Wildman–Crippen MR) is 147 cm³/mol. The van der Waals surface area contributed by atoms with Crippen molar-refractivity contribution in [3.05, 3.63) is 107 Å². The average molecular weight is 504 g/mol. The number of fused-ring (bicyclic) bond motifs is 1. The number of carboxylic acid groups (broad SMARTS) is 1. The van der Waals surface area contributed by atoms with Crippen molar-refractivity contribution in [1.82, 2.24) is 5.32 Å². The molecule has 1 N–H and O–H groups in total. The number of amides is 1. The van der Waals surface area contributed by atoms with Crippen molar-refractivity contribution in [2.75, 3.05) is 12.0 Å². The molecule has 184 valence electrons. The van der Waals surface area contributed by atoms with Crippen molar-refractivity contribution >= 4 is 34.4 Å². The Morgan fingerprint density at radius 1 is 0.838 bits per heavy atom. The number of thioether (sulfide) groups is 1. The van der Waals surface area contributed by atoms with E-state index < -0.39 is 17.9 Å². The maximum Gasteiger partial charge on any atom is 1.00 e. The second-order valence-corrected chi connectivity index (χ2v) is 9.99. The van der Waals surface area contributed by atoms with Crippen LogP contribution in [0.25, 0.3) is 21.9 Å². The molecule has 0 saturated carbocycles. The van der Waals surface area contributed by atoms with Gasteiger partial charge in [-0.1, -0.05) is 78.9 Å². The third-order valence-electron chi connectivity index (χ3n) is 6.48. The first-order valence-electron chi connectivity index (χ1n) is 12.1. The molecule has 0 aliphatic rings. The normalized spacial score (nSPS) is 11.5. The van der Waals surface area contributed by atoms with Gasteiger partial charge in [-0.3, -0.25) is 4.79 Å². The summed E-state index contributed by atoms with van der Waals surface area (Å²) in [7, 11) is 0. The molecule has 6 heteroatoms. The van der Waals surface area contributed by atoms with E-state index in [9.17, 15) is 14.7 Å². The molecule has 0 fully saturated rings. The van der Waals surface area contributed by atoms with Crippen LogP contribution in [0.15, 0.2) is 84.9 Å². The zero-order valence-corrected chi connectivity index (χ0v) is 22.4. The summed E-state index contributed by atoms with van der Waals surface area (Å²) in [5, 5.41) is 16.7. The van der Waals surface area contributed by atoms with E-state index in [1.165, 1.54) is 28.1 Å². The number of nitrogens with one attached hydrogen (secondary N) is 1. The summed E-state index contributed by atoms with van der Waals surface area (Å²) in [6.07, 6.45) is 3.93. The molecule has 0 radical (unpaired) electrons. The van der Waals surface area contributed by atoms with E-state index in [0.717, 1.165) is 35.1 Å². The summed E-state index contributed by atoms with van der Waals surface area (Å²) in [6, 6.07) is 27.6. The minimum atomic E-state index is -1.26. The van der Waals surface area contributed by atoms with E-state index in [1.807, 2.05) is 55.6 Å². The first-order valence-corrected chi connectivity index (χ1v) is 13.5. The molecule has 1 amide bonds. The Balaban J connectivity index is 0.00000380. The summed E-state index contributed by atoms with van der Waals surface area (Å²) in [6.45, 7) is 2.02. The number of benzene rings is 4. The Hall–Kier alpha value is -2.97. The van der Waals surface area contributed by atoms with Crippen molar-refractivity contribution < 1.29 is 33.6 Å². The minimum absolute atomic E-state index is 0. The van der Waals surface area contributed by atoms with Gasteiger partial charge in [0.2, 0.25) is 0 Å². The van der Waals surface area contributed by atoms with Gasteiger partial charge in [-0.2, -0.15) is 11.8 Å². The van der Waals surface area contributed by atoms with Crippen LogP contribution in [0, 0.1) is 6.92 Å². The molecule has 37 heavy (non-hydrogen) atoms. The fraction of sp³-hybridized carbons (Fsp3) is 0.226. The molecule has 1 unspecified atom stereocenters. The smallest absolute Gasteiger partial charge is 0.548 e. The molecule has 4 aromatic carbocycles. The molecule has 0 saturated heterocycles. The van der Waals surface area contributed by atoms with Crippen molar-refractivity contribution in [3.8, 4) is 11.1 Å². The number of carboxylic acids is 1. The van der Waals surface area contributed by atoms with Gasteiger partial charge < -0.3 is 15.2 Å². The largest absolute Gasteiger partial charge is 1.00 e. The van der Waals surface area contributed by atoms with Gasteiger partial charge in [-0.15, -0.1) is 0 Å². The van der Waals surface area contributed by atoms with Gasteiger partial charge in [-0.25, -0.2) is 0 Å². The molecule has 0 aliphatic carbocycles. The number of carbonyl (C=O) groups is 2. The van der Waals surface area contributed by atoms with E-state index >= 15 is 0 Å². The van der Waals surface area contributed by atoms with Gasteiger partial charge in [0, 0.05) is 5.56 Å². The maximum absolute atomic E-state index is 13.2. The molecule has 0 heterocycles. The SMILES string of the molecule is CSCCC(NC(=O)c1ccc(CCc2ccc3ccccc3c2)cc1-c1ccccc1C)C(=O)[O-].[Li+]. The molecular formula is C31H30LiNO3S. The number of carbonyl (C=O) groups excluding carboxylic acids is 2. The number of hydrogen-bond acceptors (Lipinski definition) is 4. The van der Waals surface area contributed by atoms with Crippen LogP contribution in [-0.2, 0) is 17.6 Å². The Morgan fingerprint density at radius 3 is 2.19 bits per heavy atom.